The molecule has 2 fully saturated rings. The number of nitrogens with zero attached hydrogens (tertiary/aromatic N) is 1. The highest BCUT2D eigenvalue weighted by atomic mass is 16.5. The fraction of sp³-hybridized carbons (Fsp3) is 0.714. The third-order valence-electron chi connectivity index (χ3n) is 6.29. The Balaban J connectivity index is 1.52. The van der Waals surface area contributed by atoms with Gasteiger partial charge < -0.3 is 19.7 Å². The summed E-state index contributed by atoms with van der Waals surface area (Å²) in [4.78, 5) is 2.58. The molecule has 1 atom stereocenters. The lowest BCUT2D eigenvalue weighted by molar-refractivity contribution is -0.0340. The Morgan fingerprint density at radius 2 is 1.84 bits per heavy atom. The maximum Gasteiger partial charge on any atom is 0.124 e. The lowest BCUT2D eigenvalue weighted by Crippen LogP contribution is -2.53. The lowest BCUT2D eigenvalue weighted by Gasteiger charge is -2.48. The number of para-hydroxylation sites is 1. The number of piperidine rings is 1. The molecule has 0 bridgehead atoms. The van der Waals surface area contributed by atoms with Gasteiger partial charge in [-0.3, -0.25) is 0 Å². The smallest absolute Gasteiger partial charge is 0.124 e. The second-order valence-electron chi connectivity index (χ2n) is 8.26. The van der Waals surface area contributed by atoms with Gasteiger partial charge in [-0.25, -0.2) is 0 Å². The molecule has 1 unspecified atom stereocenters. The van der Waals surface area contributed by atoms with Crippen LogP contribution in [0.5, 0.6) is 5.75 Å². The minimum atomic E-state index is 0.00256. The van der Waals surface area contributed by atoms with Crippen molar-refractivity contribution in [3.05, 3.63) is 29.8 Å². The Kier molecular flexibility index (Phi) is 5.03. The molecule has 4 nitrogen and oxygen atoms in total. The standard InChI is InChI=1S/C21H32N2O2/c1-16(2)23-11-9-21(10-12-23)15-19(22-17-7-13-24-14-8-17)18-5-3-4-6-20(18)25-21/h3-6,16-17,19,22H,7-15H2,1-2H3. The predicted octanol–water partition coefficient (Wildman–Crippen LogP) is 3.52. The first-order valence-electron chi connectivity index (χ1n) is 10.0. The molecule has 0 saturated carbocycles. The van der Waals surface area contributed by atoms with Gasteiger partial charge in [-0.2, -0.15) is 0 Å². The van der Waals surface area contributed by atoms with Crippen LogP contribution in [-0.2, 0) is 4.74 Å². The molecule has 2 saturated heterocycles. The van der Waals surface area contributed by atoms with Crippen LogP contribution < -0.4 is 10.1 Å². The van der Waals surface area contributed by atoms with Gasteiger partial charge in [0.05, 0.1) is 0 Å². The van der Waals surface area contributed by atoms with Crippen molar-refractivity contribution in [2.45, 2.75) is 69.7 Å². The van der Waals surface area contributed by atoms with Crippen LogP contribution in [0.25, 0.3) is 0 Å². The highest BCUT2D eigenvalue weighted by molar-refractivity contribution is 5.39. The molecule has 3 heterocycles. The van der Waals surface area contributed by atoms with Crippen LogP contribution in [0.15, 0.2) is 24.3 Å². The molecule has 3 aliphatic rings. The maximum absolute atomic E-state index is 6.62. The molecular formula is C21H32N2O2. The average Bonchev–Trinajstić information content (AvgIpc) is 2.63. The van der Waals surface area contributed by atoms with E-state index in [1.807, 2.05) is 0 Å². The van der Waals surface area contributed by atoms with Crippen molar-refractivity contribution < 1.29 is 9.47 Å². The molecule has 1 N–H and O–H groups in total. The van der Waals surface area contributed by atoms with Crippen LogP contribution >= 0.6 is 0 Å². The van der Waals surface area contributed by atoms with Crippen molar-refractivity contribution >= 4 is 0 Å². The Morgan fingerprint density at radius 1 is 1.12 bits per heavy atom. The first kappa shape index (κ1) is 17.3. The van der Waals surface area contributed by atoms with E-state index in [4.69, 9.17) is 9.47 Å². The van der Waals surface area contributed by atoms with Crippen molar-refractivity contribution in [3.8, 4) is 5.75 Å². The zero-order valence-electron chi connectivity index (χ0n) is 15.7. The van der Waals surface area contributed by atoms with Gasteiger partial charge in [-0.15, -0.1) is 0 Å². The Bertz CT molecular complexity index is 575. The molecule has 1 aromatic carbocycles. The van der Waals surface area contributed by atoms with Gasteiger partial charge in [-0.05, 0) is 45.6 Å². The average molecular weight is 344 g/mol. The minimum absolute atomic E-state index is 0.00256. The summed E-state index contributed by atoms with van der Waals surface area (Å²) in [6.07, 6.45) is 5.59. The van der Waals surface area contributed by atoms with Crippen LogP contribution in [0.3, 0.4) is 0 Å². The minimum Gasteiger partial charge on any atom is -0.487 e. The topological polar surface area (TPSA) is 33.7 Å². The van der Waals surface area contributed by atoms with E-state index in [1.54, 1.807) is 0 Å². The summed E-state index contributed by atoms with van der Waals surface area (Å²) in [6.45, 7) is 8.65. The fourth-order valence-electron chi connectivity index (χ4n) is 4.67. The van der Waals surface area contributed by atoms with E-state index in [1.165, 1.54) is 5.56 Å². The molecular weight excluding hydrogens is 312 g/mol. The molecule has 0 amide bonds. The van der Waals surface area contributed by atoms with Gasteiger partial charge in [0.15, 0.2) is 0 Å². The van der Waals surface area contributed by atoms with Crippen LogP contribution in [-0.4, -0.2) is 48.9 Å². The first-order valence-corrected chi connectivity index (χ1v) is 10.0. The summed E-state index contributed by atoms with van der Waals surface area (Å²) in [5, 5.41) is 3.95. The lowest BCUT2D eigenvalue weighted by atomic mass is 9.80. The van der Waals surface area contributed by atoms with Gasteiger partial charge in [0.2, 0.25) is 0 Å². The van der Waals surface area contributed by atoms with Gasteiger partial charge >= 0.3 is 0 Å². The van der Waals surface area contributed by atoms with Crippen LogP contribution in [0.1, 0.15) is 57.6 Å². The monoisotopic (exact) mass is 344 g/mol. The number of ether oxygens (including phenoxy) is 2. The van der Waals surface area contributed by atoms with Crippen molar-refractivity contribution in [3.63, 3.8) is 0 Å². The summed E-state index contributed by atoms with van der Waals surface area (Å²) >= 11 is 0. The second-order valence-corrected chi connectivity index (χ2v) is 8.26. The molecule has 0 aliphatic carbocycles. The second kappa shape index (κ2) is 7.26. The van der Waals surface area contributed by atoms with Crippen LogP contribution in [0.4, 0.5) is 0 Å². The predicted molar refractivity (Wildman–Crippen MR) is 100 cm³/mol. The number of hydrogen-bond acceptors (Lipinski definition) is 4. The summed E-state index contributed by atoms with van der Waals surface area (Å²) < 4.78 is 12.1. The molecule has 3 aliphatic heterocycles. The molecule has 25 heavy (non-hydrogen) atoms. The van der Waals surface area contributed by atoms with Crippen LogP contribution in [0, 0.1) is 0 Å². The molecule has 1 aromatic rings. The van der Waals surface area contributed by atoms with E-state index >= 15 is 0 Å². The number of nitrogens with one attached hydrogen (secondary N) is 1. The molecule has 1 spiro atoms. The fourth-order valence-corrected chi connectivity index (χ4v) is 4.67. The SMILES string of the molecule is CC(C)N1CCC2(CC1)CC(NC1CCOCC1)c1ccccc1O2. The maximum atomic E-state index is 6.62. The van der Waals surface area contributed by atoms with E-state index in [0.717, 1.165) is 64.2 Å². The summed E-state index contributed by atoms with van der Waals surface area (Å²) in [5.41, 5.74) is 1.34. The van der Waals surface area contributed by atoms with E-state index in [2.05, 4.69) is 48.3 Å². The molecule has 0 radical (unpaired) electrons. The van der Waals surface area contributed by atoms with E-state index in [9.17, 15) is 0 Å². The third-order valence-corrected chi connectivity index (χ3v) is 6.29. The van der Waals surface area contributed by atoms with Crippen molar-refractivity contribution in [1.82, 2.24) is 10.2 Å². The Morgan fingerprint density at radius 3 is 2.56 bits per heavy atom. The van der Waals surface area contributed by atoms with Crippen molar-refractivity contribution in [1.29, 1.82) is 0 Å². The quantitative estimate of drug-likeness (QED) is 0.910. The number of likely N-dealkylation sites (tertiary alicyclic amines) is 1. The molecule has 4 rings (SSSR count). The molecule has 4 heteroatoms. The van der Waals surface area contributed by atoms with Gasteiger partial charge in [0.25, 0.3) is 0 Å². The van der Waals surface area contributed by atoms with Gasteiger partial charge in [0, 0.05) is 56.4 Å². The molecule has 138 valence electrons. The van der Waals surface area contributed by atoms with Crippen molar-refractivity contribution in [2.24, 2.45) is 0 Å². The number of rotatable bonds is 3. The largest absolute Gasteiger partial charge is 0.487 e. The summed E-state index contributed by atoms with van der Waals surface area (Å²) in [6, 6.07) is 10.2. The highest BCUT2D eigenvalue weighted by Gasteiger charge is 2.43. The molecule has 0 aromatic heterocycles. The van der Waals surface area contributed by atoms with E-state index < -0.39 is 0 Å². The number of hydrogen-bond donors (Lipinski definition) is 1. The van der Waals surface area contributed by atoms with Gasteiger partial charge in [0.1, 0.15) is 11.4 Å². The van der Waals surface area contributed by atoms with Crippen LogP contribution in [0.2, 0.25) is 0 Å². The Hall–Kier alpha value is -1.10. The number of benzene rings is 1. The first-order chi connectivity index (χ1) is 12.2. The highest BCUT2D eigenvalue weighted by Crippen LogP contribution is 2.44. The van der Waals surface area contributed by atoms with Gasteiger partial charge in [-0.1, -0.05) is 18.2 Å². The zero-order valence-corrected chi connectivity index (χ0v) is 15.7. The zero-order chi connectivity index (χ0) is 17.3. The summed E-state index contributed by atoms with van der Waals surface area (Å²) in [5.74, 6) is 1.09. The van der Waals surface area contributed by atoms with E-state index in [-0.39, 0.29) is 5.60 Å². The Labute approximate surface area is 151 Å². The number of fused-ring (bicyclic) bond motifs is 1. The summed E-state index contributed by atoms with van der Waals surface area (Å²) in [7, 11) is 0. The van der Waals surface area contributed by atoms with E-state index in [0.29, 0.717) is 18.1 Å². The van der Waals surface area contributed by atoms with Crippen molar-refractivity contribution in [2.75, 3.05) is 26.3 Å². The normalized spacial score (nSPS) is 27.2. The third kappa shape index (κ3) is 3.71.